The first-order chi connectivity index (χ1) is 15.6. The van der Waals surface area contributed by atoms with Gasteiger partial charge in [0, 0.05) is 26.6 Å². The lowest BCUT2D eigenvalue weighted by molar-refractivity contribution is -0.274. The van der Waals surface area contributed by atoms with Crippen molar-refractivity contribution >= 4 is 29.0 Å². The summed E-state index contributed by atoms with van der Waals surface area (Å²) in [5, 5.41) is 0.584. The smallest absolute Gasteiger partial charge is 0.406 e. The third-order valence-electron chi connectivity index (χ3n) is 5.16. The molecule has 0 spiro atoms. The van der Waals surface area contributed by atoms with Crippen LogP contribution in [-0.2, 0) is 17.9 Å². The number of alkyl halides is 3. The van der Waals surface area contributed by atoms with E-state index in [1.54, 1.807) is 19.2 Å². The van der Waals surface area contributed by atoms with Crippen LogP contribution in [0.3, 0.4) is 0 Å². The van der Waals surface area contributed by atoms with Crippen LogP contribution in [0.25, 0.3) is 10.9 Å². The Balaban J connectivity index is 1.44. The fourth-order valence-electron chi connectivity index (χ4n) is 3.47. The average Bonchev–Trinajstić information content (AvgIpc) is 2.75. The predicted octanol–water partition coefficient (Wildman–Crippen LogP) is 5.18. The molecule has 0 atom stereocenters. The maximum atomic E-state index is 12.6. The van der Waals surface area contributed by atoms with E-state index in [1.807, 2.05) is 12.1 Å². The van der Waals surface area contributed by atoms with E-state index >= 15 is 0 Å². The molecule has 6 nitrogen and oxygen atoms in total. The molecule has 176 valence electrons. The number of nitrogens with one attached hydrogen (secondary N) is 1. The number of benzene rings is 2. The SMILES string of the molecule is CN(Cc1ccc(OC(F)(F)F)cc1)C(=O)CCCCCn1c(=S)[nH]c2ccccc2c1=O. The van der Waals surface area contributed by atoms with Crippen molar-refractivity contribution in [3.05, 3.63) is 69.2 Å². The molecule has 3 rings (SSSR count). The molecule has 1 heterocycles. The molecule has 1 aromatic heterocycles. The number of rotatable bonds is 9. The summed E-state index contributed by atoms with van der Waals surface area (Å²) in [5.74, 6) is -0.364. The average molecular weight is 480 g/mol. The van der Waals surface area contributed by atoms with E-state index < -0.39 is 6.36 Å². The first kappa shape index (κ1) is 24.5. The van der Waals surface area contributed by atoms with Gasteiger partial charge in [-0.2, -0.15) is 0 Å². The maximum Gasteiger partial charge on any atom is 0.573 e. The molecule has 0 fully saturated rings. The van der Waals surface area contributed by atoms with Crippen molar-refractivity contribution in [3.63, 3.8) is 0 Å². The largest absolute Gasteiger partial charge is 0.573 e. The molecule has 1 N–H and O–H groups in total. The molecule has 10 heteroatoms. The molecule has 0 bridgehead atoms. The quantitative estimate of drug-likeness (QED) is 0.339. The Hall–Kier alpha value is -3.14. The monoisotopic (exact) mass is 479 g/mol. The summed E-state index contributed by atoms with van der Waals surface area (Å²) >= 11 is 5.30. The Morgan fingerprint density at radius 1 is 1.09 bits per heavy atom. The number of aromatic amines is 1. The minimum absolute atomic E-state index is 0.0641. The lowest BCUT2D eigenvalue weighted by Crippen LogP contribution is -2.26. The number of ether oxygens (including phenoxy) is 1. The Kier molecular flexibility index (Phi) is 7.91. The van der Waals surface area contributed by atoms with Crippen LogP contribution in [0.2, 0.25) is 0 Å². The first-order valence-electron chi connectivity index (χ1n) is 10.4. The van der Waals surface area contributed by atoms with Crippen LogP contribution in [0.4, 0.5) is 13.2 Å². The summed E-state index contributed by atoms with van der Waals surface area (Å²) in [5.41, 5.74) is 1.28. The summed E-state index contributed by atoms with van der Waals surface area (Å²) in [6.07, 6.45) is -2.29. The zero-order valence-electron chi connectivity index (χ0n) is 18.0. The molecule has 0 aliphatic heterocycles. The van der Waals surface area contributed by atoms with Crippen LogP contribution >= 0.6 is 12.2 Å². The maximum absolute atomic E-state index is 12.6. The Labute approximate surface area is 193 Å². The summed E-state index contributed by atoms with van der Waals surface area (Å²) in [7, 11) is 1.65. The van der Waals surface area contributed by atoms with Crippen LogP contribution in [-0.4, -0.2) is 33.8 Å². The van der Waals surface area contributed by atoms with Gasteiger partial charge in [0.15, 0.2) is 4.77 Å². The zero-order valence-corrected chi connectivity index (χ0v) is 18.8. The van der Waals surface area contributed by atoms with Crippen molar-refractivity contribution in [2.75, 3.05) is 7.05 Å². The van der Waals surface area contributed by atoms with Gasteiger partial charge in [-0.25, -0.2) is 0 Å². The van der Waals surface area contributed by atoms with E-state index in [0.717, 1.165) is 6.42 Å². The van der Waals surface area contributed by atoms with E-state index in [9.17, 15) is 22.8 Å². The Morgan fingerprint density at radius 3 is 2.48 bits per heavy atom. The van der Waals surface area contributed by atoms with Crippen LogP contribution in [0.1, 0.15) is 31.2 Å². The minimum atomic E-state index is -4.73. The molecule has 0 aliphatic carbocycles. The number of aromatic nitrogens is 2. The van der Waals surface area contributed by atoms with Gasteiger partial charge in [-0.3, -0.25) is 14.2 Å². The second-order valence-electron chi connectivity index (χ2n) is 7.68. The number of H-pyrrole nitrogens is 1. The minimum Gasteiger partial charge on any atom is -0.406 e. The van der Waals surface area contributed by atoms with Gasteiger partial charge in [0.25, 0.3) is 5.56 Å². The normalized spacial score (nSPS) is 11.5. The molecule has 0 aliphatic rings. The van der Waals surface area contributed by atoms with Crippen molar-refractivity contribution in [2.24, 2.45) is 0 Å². The summed E-state index contributed by atoms with van der Waals surface area (Å²) in [6, 6.07) is 12.6. The lowest BCUT2D eigenvalue weighted by Gasteiger charge is -2.18. The number of nitrogens with zero attached hydrogens (tertiary/aromatic N) is 2. The van der Waals surface area contributed by atoms with Gasteiger partial charge < -0.3 is 14.6 Å². The van der Waals surface area contributed by atoms with Crippen molar-refractivity contribution in [1.82, 2.24) is 14.5 Å². The molecule has 3 aromatic rings. The first-order valence-corrected chi connectivity index (χ1v) is 10.9. The van der Waals surface area contributed by atoms with Crippen molar-refractivity contribution in [3.8, 4) is 5.75 Å². The van der Waals surface area contributed by atoms with Crippen molar-refractivity contribution in [1.29, 1.82) is 0 Å². The van der Waals surface area contributed by atoms with Crippen LogP contribution in [0.5, 0.6) is 5.75 Å². The number of hydrogen-bond donors (Lipinski definition) is 1. The van der Waals surface area contributed by atoms with Gasteiger partial charge in [0.1, 0.15) is 5.75 Å². The highest BCUT2D eigenvalue weighted by Gasteiger charge is 2.30. The highest BCUT2D eigenvalue weighted by Crippen LogP contribution is 2.23. The third-order valence-corrected chi connectivity index (χ3v) is 5.49. The van der Waals surface area contributed by atoms with Crippen molar-refractivity contribution < 1.29 is 22.7 Å². The fraction of sp³-hybridized carbons (Fsp3) is 0.348. The van der Waals surface area contributed by atoms with Gasteiger partial charge in [0.05, 0.1) is 10.9 Å². The highest BCUT2D eigenvalue weighted by atomic mass is 32.1. The molecule has 33 heavy (non-hydrogen) atoms. The summed E-state index contributed by atoms with van der Waals surface area (Å²) < 4.78 is 42.4. The van der Waals surface area contributed by atoms with Gasteiger partial charge >= 0.3 is 6.36 Å². The zero-order chi connectivity index (χ0) is 24.0. The molecule has 0 saturated carbocycles. The second kappa shape index (κ2) is 10.7. The predicted molar refractivity (Wildman–Crippen MR) is 121 cm³/mol. The van der Waals surface area contributed by atoms with Gasteiger partial charge in [-0.05, 0) is 54.9 Å². The van der Waals surface area contributed by atoms with E-state index in [2.05, 4.69) is 9.72 Å². The number of para-hydroxylation sites is 1. The second-order valence-corrected chi connectivity index (χ2v) is 8.07. The molecular weight excluding hydrogens is 455 g/mol. The van der Waals surface area contributed by atoms with Gasteiger partial charge in [-0.1, -0.05) is 30.7 Å². The number of fused-ring (bicyclic) bond motifs is 1. The number of unbranched alkanes of at least 4 members (excludes halogenated alkanes) is 2. The topological polar surface area (TPSA) is 67.3 Å². The Bertz CT molecular complexity index is 1220. The fourth-order valence-corrected chi connectivity index (χ4v) is 3.76. The molecule has 1 amide bonds. The van der Waals surface area contributed by atoms with E-state index in [1.165, 1.54) is 33.7 Å². The molecule has 0 unspecified atom stereocenters. The van der Waals surface area contributed by atoms with Crippen LogP contribution in [0, 0.1) is 4.77 Å². The number of carbonyl (C=O) groups is 1. The van der Waals surface area contributed by atoms with Gasteiger partial charge in [-0.15, -0.1) is 13.2 Å². The molecular formula is C23H24F3N3O3S. The lowest BCUT2D eigenvalue weighted by atomic mass is 10.1. The van der Waals surface area contributed by atoms with Crippen LogP contribution in [0.15, 0.2) is 53.3 Å². The molecule has 2 aromatic carbocycles. The summed E-state index contributed by atoms with van der Waals surface area (Å²) in [6.45, 7) is 0.752. The van der Waals surface area contributed by atoms with E-state index in [0.29, 0.717) is 47.0 Å². The molecule has 0 radical (unpaired) electrons. The third kappa shape index (κ3) is 6.92. The van der Waals surface area contributed by atoms with E-state index in [-0.39, 0.29) is 23.8 Å². The molecule has 0 saturated heterocycles. The standard InChI is InChI=1S/C23H24F3N3O3S/c1-28(15-16-10-12-17(13-11-16)32-23(24,25)26)20(30)9-3-2-6-14-29-21(31)18-7-4-5-8-19(18)27-22(29)33/h4-5,7-8,10-13H,2-3,6,9,14-15H2,1H3,(H,27,33). The number of amides is 1. The number of hydrogen-bond acceptors (Lipinski definition) is 4. The van der Waals surface area contributed by atoms with Crippen molar-refractivity contribution in [2.45, 2.75) is 45.1 Å². The van der Waals surface area contributed by atoms with E-state index in [4.69, 9.17) is 12.2 Å². The number of carbonyl (C=O) groups excluding carboxylic acids is 1. The number of halogens is 3. The Morgan fingerprint density at radius 2 is 1.79 bits per heavy atom. The highest BCUT2D eigenvalue weighted by molar-refractivity contribution is 7.71. The summed E-state index contributed by atoms with van der Waals surface area (Å²) in [4.78, 5) is 29.6. The van der Waals surface area contributed by atoms with Crippen LogP contribution < -0.4 is 10.3 Å². The van der Waals surface area contributed by atoms with Gasteiger partial charge in [0.2, 0.25) is 5.91 Å².